The highest BCUT2D eigenvalue weighted by Gasteiger charge is 2.38. The second-order valence-corrected chi connectivity index (χ2v) is 37.8. The number of benzene rings is 10. The van der Waals surface area contributed by atoms with Crippen molar-refractivity contribution in [3.05, 3.63) is 369 Å². The lowest BCUT2D eigenvalue weighted by Gasteiger charge is -2.38. The molecule has 20 rings (SSSR count). The maximum atomic E-state index is 13.7. The molecule has 6 amide bonds. The summed E-state index contributed by atoms with van der Waals surface area (Å²) in [5.41, 5.74) is 14.7. The normalized spacial score (nSPS) is 16.4. The zero-order chi connectivity index (χ0) is 93.4. The van der Waals surface area contributed by atoms with Crippen molar-refractivity contribution in [2.24, 2.45) is 17.8 Å². The number of halogens is 4. The molecule has 0 N–H and O–H groups in total. The number of rotatable bonds is 21. The molecule has 22 heteroatoms. The smallest absolute Gasteiger partial charge is 0.270 e. The van der Waals surface area contributed by atoms with E-state index in [4.69, 9.17) is 23.2 Å². The first kappa shape index (κ1) is 93.9. The molecule has 0 saturated carbocycles. The van der Waals surface area contributed by atoms with Crippen LogP contribution in [-0.2, 0) is 48.9 Å². The summed E-state index contributed by atoms with van der Waals surface area (Å²) in [6, 6.07) is 89.7. The number of aromatic nitrogens is 4. The molecule has 6 fully saturated rings. The van der Waals surface area contributed by atoms with Gasteiger partial charge in [-0.25, -0.2) is 8.78 Å². The Kier molecular flexibility index (Phi) is 30.7. The van der Waals surface area contributed by atoms with Crippen molar-refractivity contribution in [3.8, 4) is 0 Å². The maximum Gasteiger partial charge on any atom is 0.270 e. The average molecular weight is 1850 g/mol. The van der Waals surface area contributed by atoms with E-state index in [0.717, 1.165) is 169 Å². The standard InChI is InChI=1S/C30H30ClN3O2.C28H32ClN3O2.C28H32FN3O.C27H26FN3O/c1-32(20-22-7-3-2-4-8-22)29(35)24-15-17-33(18-16-24)30(36)28-19-25-9-5-6-10-27(25)34(28)21-23-11-13-26(31)14-12-23;1-2-24-7-5-15-31(24)27(33)21-13-16-30(17-14-21)28(34)26-18-22-6-3-4-8-25(22)32(26)19-20-9-11-23(29)12-10-20;1-21(30-15-5-2-6-16-30)23-13-17-31(18-14-23)28(33)27-19-24-7-3-4-8-26(24)32(27)20-22-9-11-25(29)12-10-22;28-24-12-10-22(11-13-24)20-31-25-9-5-4-8-23(25)18-26(31)27(32)30-16-14-29(15-17-30)19-21-6-2-1-3-7-21/h2-14,19,24H,15-18,20-21H2,1H3;3-4,6,8-12,18,21,24H,2,5,7,13-17,19H2,1H3;3-4,7-12,19,23H,1-2,5-6,13-18,20H2;1-13,18H,14-17,19-20H2/t;24-;;/m.1../s1. The van der Waals surface area contributed by atoms with Gasteiger partial charge in [0.1, 0.15) is 34.4 Å². The number of hydrogen-bond acceptors (Lipinski definition) is 8. The summed E-state index contributed by atoms with van der Waals surface area (Å²) < 4.78 is 35.1. The lowest BCUT2D eigenvalue weighted by atomic mass is 9.92. The number of likely N-dealkylation sites (tertiary alicyclic amines) is 5. The number of hydrogen-bond donors (Lipinski definition) is 0. The Bertz CT molecular complexity index is 6440. The molecule has 0 spiro atoms. The van der Waals surface area contributed by atoms with Gasteiger partial charge in [0.15, 0.2) is 0 Å². The van der Waals surface area contributed by atoms with Crippen molar-refractivity contribution in [3.63, 3.8) is 0 Å². The minimum atomic E-state index is -0.254. The Morgan fingerprint density at radius 1 is 0.333 bits per heavy atom. The summed E-state index contributed by atoms with van der Waals surface area (Å²) in [5, 5.41) is 5.59. The zero-order valence-corrected chi connectivity index (χ0v) is 78.8. The van der Waals surface area contributed by atoms with Gasteiger partial charge >= 0.3 is 0 Å². The first-order valence-electron chi connectivity index (χ1n) is 48.1. The second kappa shape index (κ2) is 44.1. The summed E-state index contributed by atoms with van der Waals surface area (Å²) in [6.07, 6.45) is 11.9. The van der Waals surface area contributed by atoms with Gasteiger partial charge in [-0.2, -0.15) is 0 Å². The van der Waals surface area contributed by atoms with Crippen LogP contribution in [0.15, 0.2) is 291 Å². The zero-order valence-electron chi connectivity index (χ0n) is 77.3. The molecule has 1 atom stereocenters. The van der Waals surface area contributed by atoms with Gasteiger partial charge in [0.05, 0.1) is 0 Å². The highest BCUT2D eigenvalue weighted by Crippen LogP contribution is 2.35. The second-order valence-electron chi connectivity index (χ2n) is 36.9. The van der Waals surface area contributed by atoms with Crippen LogP contribution >= 0.6 is 23.2 Å². The van der Waals surface area contributed by atoms with Gasteiger partial charge in [-0.3, -0.25) is 33.7 Å². The van der Waals surface area contributed by atoms with Crippen molar-refractivity contribution in [1.82, 2.24) is 57.5 Å². The minimum absolute atomic E-state index is 0.0173. The third-order valence-corrected chi connectivity index (χ3v) is 28.6. The molecule has 696 valence electrons. The van der Waals surface area contributed by atoms with Crippen molar-refractivity contribution in [2.45, 2.75) is 129 Å². The van der Waals surface area contributed by atoms with E-state index in [0.29, 0.717) is 136 Å². The molecule has 6 aliphatic rings. The van der Waals surface area contributed by atoms with Crippen LogP contribution in [0.2, 0.25) is 10.0 Å². The topological polar surface area (TPSA) is 148 Å². The fourth-order valence-corrected chi connectivity index (χ4v) is 20.7. The summed E-state index contributed by atoms with van der Waals surface area (Å²) >= 11 is 12.1. The molecule has 6 aliphatic heterocycles. The predicted molar refractivity (Wildman–Crippen MR) is 536 cm³/mol. The SMILES string of the molecule is C=C(C1CCN(C(=O)c2cc3ccccc3n2Cc2ccc(F)cc2)CC1)N1CCCCC1.CC[C@@H]1CCCN1C(=O)C1CCN(C(=O)c2cc3ccccc3n2Cc2ccc(Cl)cc2)CC1.CN(Cc1ccccc1)C(=O)C1CCN(C(=O)c2cc3ccccc3n2Cc2ccc(Cl)cc2)CC1.O=C(c1cc2ccccc2n1Cc1ccc(F)cc1)N1CCN(Cc2ccccc2)CC1. The Morgan fingerprint density at radius 2 is 0.659 bits per heavy atom. The first-order valence-corrected chi connectivity index (χ1v) is 48.8. The molecular weight excluding hydrogens is 1730 g/mol. The molecule has 10 aromatic carbocycles. The van der Waals surface area contributed by atoms with Gasteiger partial charge in [0.2, 0.25) is 11.8 Å². The Labute approximate surface area is 800 Å². The molecule has 18 nitrogen and oxygen atoms in total. The lowest BCUT2D eigenvalue weighted by molar-refractivity contribution is -0.138. The Hall–Kier alpha value is -12.9. The molecule has 6 saturated heterocycles. The van der Waals surface area contributed by atoms with Crippen molar-refractivity contribution < 1.29 is 37.5 Å². The summed E-state index contributed by atoms with van der Waals surface area (Å²) in [6.45, 7) is 20.6. The Balaban J connectivity index is 0.000000125. The van der Waals surface area contributed by atoms with E-state index in [-0.39, 0.29) is 53.0 Å². The molecule has 10 heterocycles. The predicted octanol–water partition coefficient (Wildman–Crippen LogP) is 21.9. The quantitative estimate of drug-likeness (QED) is 0.0690. The van der Waals surface area contributed by atoms with Crippen LogP contribution in [0.25, 0.3) is 43.6 Å². The number of piperidine rings is 4. The number of carbonyl (C=O) groups is 6. The third-order valence-electron chi connectivity index (χ3n) is 28.1. The number of fused-ring (bicyclic) bond motifs is 4. The summed E-state index contributed by atoms with van der Waals surface area (Å²) in [5.74, 6) is 0.606. The fraction of sp³-hybridized carbons (Fsp3) is 0.327. The molecule has 0 bridgehead atoms. The molecule has 135 heavy (non-hydrogen) atoms. The van der Waals surface area contributed by atoms with E-state index in [1.54, 1.807) is 24.3 Å². The van der Waals surface area contributed by atoms with Gasteiger partial charge in [0, 0.05) is 215 Å². The molecule has 0 radical (unpaired) electrons. The number of piperazine rings is 1. The van der Waals surface area contributed by atoms with E-state index < -0.39 is 0 Å². The van der Waals surface area contributed by atoms with Crippen LogP contribution in [0.3, 0.4) is 0 Å². The van der Waals surface area contributed by atoms with E-state index >= 15 is 0 Å². The largest absolute Gasteiger partial charge is 0.375 e. The first-order chi connectivity index (χ1) is 65.8. The van der Waals surface area contributed by atoms with E-state index in [9.17, 15) is 37.5 Å². The Morgan fingerprint density at radius 3 is 1.04 bits per heavy atom. The maximum absolute atomic E-state index is 13.7. The number of para-hydroxylation sites is 4. The number of allylic oxidation sites excluding steroid dienone is 1. The highest BCUT2D eigenvalue weighted by molar-refractivity contribution is 6.30. The molecule has 14 aromatic rings. The van der Waals surface area contributed by atoms with Crippen molar-refractivity contribution in [1.29, 1.82) is 0 Å². The van der Waals surface area contributed by atoms with Crippen molar-refractivity contribution >= 4 is 102 Å². The van der Waals surface area contributed by atoms with Gasteiger partial charge in [-0.05, 0) is 207 Å². The summed E-state index contributed by atoms with van der Waals surface area (Å²) in [4.78, 5) is 97.2. The van der Waals surface area contributed by atoms with E-state index in [1.165, 1.54) is 54.8 Å². The molecule has 0 aliphatic carbocycles. The van der Waals surface area contributed by atoms with Crippen molar-refractivity contribution in [2.75, 3.05) is 92.1 Å². The minimum Gasteiger partial charge on any atom is -0.375 e. The van der Waals surface area contributed by atoms with Gasteiger partial charge < -0.3 is 52.6 Å². The fourth-order valence-electron chi connectivity index (χ4n) is 20.5. The number of carbonyl (C=O) groups excluding carboxylic acids is 6. The molecule has 4 aromatic heterocycles. The summed E-state index contributed by atoms with van der Waals surface area (Å²) in [7, 11) is 1.86. The van der Waals surface area contributed by atoms with Crippen LogP contribution in [-0.4, -0.2) is 191 Å². The van der Waals surface area contributed by atoms with Gasteiger partial charge in [-0.15, -0.1) is 0 Å². The van der Waals surface area contributed by atoms with Gasteiger partial charge in [0.25, 0.3) is 23.6 Å². The third kappa shape index (κ3) is 22.7. The van der Waals surface area contributed by atoms with Crippen LogP contribution in [0, 0.1) is 29.4 Å². The highest BCUT2D eigenvalue weighted by atomic mass is 35.5. The van der Waals surface area contributed by atoms with Crippen LogP contribution in [0.5, 0.6) is 0 Å². The van der Waals surface area contributed by atoms with Gasteiger partial charge in [-0.1, -0.05) is 219 Å². The van der Waals surface area contributed by atoms with E-state index in [2.05, 4.69) is 88.9 Å². The average Bonchev–Trinajstić information content (AvgIpc) is 1.65. The van der Waals surface area contributed by atoms with Crippen LogP contribution in [0.1, 0.15) is 159 Å². The monoisotopic (exact) mass is 1850 g/mol. The number of nitrogens with zero attached hydrogens (tertiary/aromatic N) is 12. The number of amides is 6. The van der Waals surface area contributed by atoms with Crippen LogP contribution < -0.4 is 0 Å². The van der Waals surface area contributed by atoms with Crippen LogP contribution in [0.4, 0.5) is 8.78 Å². The molecular formula is C113H120Cl2F2N12O6. The van der Waals surface area contributed by atoms with E-state index in [1.807, 2.05) is 220 Å². The lowest BCUT2D eigenvalue weighted by Crippen LogP contribution is -2.48. The molecule has 0 unspecified atom stereocenters.